The van der Waals surface area contributed by atoms with Crippen LogP contribution in [0.1, 0.15) is 32.3 Å². The quantitative estimate of drug-likeness (QED) is 0.443. The Hall–Kier alpha value is -1.71. The van der Waals surface area contributed by atoms with Gasteiger partial charge in [-0.25, -0.2) is 4.99 Å². The van der Waals surface area contributed by atoms with E-state index in [-0.39, 0.29) is 0 Å². The largest absolute Gasteiger partial charge is 0.494 e. The number of hydrogen-bond donors (Lipinski definition) is 2. The first-order chi connectivity index (χ1) is 8.76. The Labute approximate surface area is 109 Å². The normalized spacial score (nSPS) is 11.3. The second-order valence-electron chi connectivity index (χ2n) is 4.06. The van der Waals surface area contributed by atoms with E-state index in [0.717, 1.165) is 30.7 Å². The van der Waals surface area contributed by atoms with Crippen LogP contribution in [0, 0.1) is 0 Å². The monoisotopic (exact) mass is 249 g/mol. The van der Waals surface area contributed by atoms with Crippen molar-refractivity contribution in [2.24, 2.45) is 10.7 Å². The topological polar surface area (TPSA) is 59.6 Å². The Balaban J connectivity index is 2.46. The van der Waals surface area contributed by atoms with Crippen LogP contribution >= 0.6 is 0 Å². The molecule has 0 fully saturated rings. The summed E-state index contributed by atoms with van der Waals surface area (Å²) >= 11 is 0. The zero-order valence-corrected chi connectivity index (χ0v) is 11.3. The molecule has 0 aliphatic rings. The van der Waals surface area contributed by atoms with Crippen LogP contribution in [0.25, 0.3) is 0 Å². The number of nitrogens with two attached hydrogens (primary N) is 1. The summed E-state index contributed by atoms with van der Waals surface area (Å²) in [4.78, 5) is 4.30. The van der Waals surface area contributed by atoms with Crippen LogP contribution in [0.15, 0.2) is 29.3 Å². The van der Waals surface area contributed by atoms with Crippen LogP contribution in [0.2, 0.25) is 0 Å². The molecule has 3 N–H and O–H groups in total. The van der Waals surface area contributed by atoms with E-state index in [4.69, 9.17) is 10.5 Å². The molecule has 0 bridgehead atoms. The van der Waals surface area contributed by atoms with Crippen LogP contribution in [0.5, 0.6) is 5.75 Å². The predicted molar refractivity (Wildman–Crippen MR) is 75.8 cm³/mol. The summed E-state index contributed by atoms with van der Waals surface area (Å²) in [6, 6.07) is 7.92. The molecule has 0 spiro atoms. The van der Waals surface area contributed by atoms with Gasteiger partial charge in [-0.05, 0) is 31.0 Å². The molecule has 100 valence electrons. The van der Waals surface area contributed by atoms with E-state index < -0.39 is 0 Å². The van der Waals surface area contributed by atoms with Crippen molar-refractivity contribution >= 4 is 5.96 Å². The molecule has 0 aliphatic heterocycles. The van der Waals surface area contributed by atoms with Crippen LogP contribution in [-0.2, 0) is 6.54 Å². The molecule has 18 heavy (non-hydrogen) atoms. The smallest absolute Gasteiger partial charge is 0.188 e. The van der Waals surface area contributed by atoms with Gasteiger partial charge in [0.2, 0.25) is 0 Å². The van der Waals surface area contributed by atoms with Crippen molar-refractivity contribution < 1.29 is 4.74 Å². The van der Waals surface area contributed by atoms with E-state index in [0.29, 0.717) is 19.1 Å². The van der Waals surface area contributed by atoms with E-state index in [1.165, 1.54) is 0 Å². The average molecular weight is 249 g/mol. The highest BCUT2D eigenvalue weighted by Crippen LogP contribution is 2.13. The summed E-state index contributed by atoms with van der Waals surface area (Å²) in [5.74, 6) is 1.38. The van der Waals surface area contributed by atoms with Crippen molar-refractivity contribution in [2.45, 2.75) is 33.2 Å². The molecular weight excluding hydrogens is 226 g/mol. The Morgan fingerprint density at radius 2 is 2.22 bits per heavy atom. The van der Waals surface area contributed by atoms with E-state index in [9.17, 15) is 0 Å². The lowest BCUT2D eigenvalue weighted by Crippen LogP contribution is -2.32. The molecule has 0 amide bonds. The number of rotatable bonds is 7. The number of guanidine groups is 1. The maximum atomic E-state index is 5.77. The predicted octanol–water partition coefficient (Wildman–Crippen LogP) is 2.29. The number of benzene rings is 1. The van der Waals surface area contributed by atoms with Crippen molar-refractivity contribution in [3.8, 4) is 5.75 Å². The minimum Gasteiger partial charge on any atom is -0.494 e. The summed E-state index contributed by atoms with van der Waals surface area (Å²) in [7, 11) is 0. The van der Waals surface area contributed by atoms with Crippen molar-refractivity contribution in [3.63, 3.8) is 0 Å². The molecule has 0 atom stereocenters. The minimum atomic E-state index is 0.505. The van der Waals surface area contributed by atoms with Gasteiger partial charge in [-0.2, -0.15) is 0 Å². The zero-order valence-electron chi connectivity index (χ0n) is 11.3. The number of unbranched alkanes of at least 4 members (excludes halogenated alkanes) is 1. The summed E-state index contributed by atoms with van der Waals surface area (Å²) in [5.41, 5.74) is 6.87. The fraction of sp³-hybridized carbons (Fsp3) is 0.500. The van der Waals surface area contributed by atoms with Crippen molar-refractivity contribution in [3.05, 3.63) is 29.8 Å². The van der Waals surface area contributed by atoms with Crippen molar-refractivity contribution in [1.29, 1.82) is 0 Å². The summed E-state index contributed by atoms with van der Waals surface area (Å²) in [5, 5.41) is 3.09. The summed E-state index contributed by atoms with van der Waals surface area (Å²) in [6.45, 7) is 6.25. The third kappa shape index (κ3) is 5.57. The molecular formula is C14H23N3O. The number of nitrogens with one attached hydrogen (secondary N) is 1. The SMILES string of the molecule is CCCCNC(N)=NCc1cccc(OCC)c1. The highest BCUT2D eigenvalue weighted by atomic mass is 16.5. The van der Waals surface area contributed by atoms with Crippen molar-refractivity contribution in [1.82, 2.24) is 5.32 Å². The van der Waals surface area contributed by atoms with Gasteiger partial charge in [0.15, 0.2) is 5.96 Å². The molecule has 1 aromatic carbocycles. The summed E-state index contributed by atoms with van der Waals surface area (Å²) < 4.78 is 5.44. The number of aliphatic imine (C=N–C) groups is 1. The lowest BCUT2D eigenvalue weighted by Gasteiger charge is -2.06. The highest BCUT2D eigenvalue weighted by molar-refractivity contribution is 5.77. The van der Waals surface area contributed by atoms with E-state index in [1.54, 1.807) is 0 Å². The van der Waals surface area contributed by atoms with Gasteiger partial charge < -0.3 is 15.8 Å². The molecule has 0 saturated carbocycles. The van der Waals surface area contributed by atoms with E-state index >= 15 is 0 Å². The second kappa shape index (κ2) is 8.39. The Kier molecular flexibility index (Phi) is 6.69. The maximum absolute atomic E-state index is 5.77. The van der Waals surface area contributed by atoms with Gasteiger partial charge in [0.05, 0.1) is 13.2 Å². The fourth-order valence-electron chi connectivity index (χ4n) is 1.53. The first kappa shape index (κ1) is 14.4. The van der Waals surface area contributed by atoms with Crippen LogP contribution < -0.4 is 15.8 Å². The third-order valence-corrected chi connectivity index (χ3v) is 2.48. The minimum absolute atomic E-state index is 0.505. The Morgan fingerprint density at radius 1 is 1.39 bits per heavy atom. The van der Waals surface area contributed by atoms with E-state index in [2.05, 4.69) is 17.2 Å². The highest BCUT2D eigenvalue weighted by Gasteiger charge is 1.96. The van der Waals surface area contributed by atoms with Gasteiger partial charge in [-0.1, -0.05) is 25.5 Å². The Bertz CT molecular complexity index is 377. The van der Waals surface area contributed by atoms with E-state index in [1.807, 2.05) is 31.2 Å². The number of nitrogens with zero attached hydrogens (tertiary/aromatic N) is 1. The van der Waals surface area contributed by atoms with Crippen LogP contribution in [0.4, 0.5) is 0 Å². The lowest BCUT2D eigenvalue weighted by atomic mass is 10.2. The van der Waals surface area contributed by atoms with Gasteiger partial charge in [0.1, 0.15) is 5.75 Å². The molecule has 0 aromatic heterocycles. The maximum Gasteiger partial charge on any atom is 0.188 e. The first-order valence-corrected chi connectivity index (χ1v) is 6.51. The second-order valence-corrected chi connectivity index (χ2v) is 4.06. The van der Waals surface area contributed by atoms with Crippen LogP contribution in [-0.4, -0.2) is 19.1 Å². The number of hydrogen-bond acceptors (Lipinski definition) is 2. The lowest BCUT2D eigenvalue weighted by molar-refractivity contribution is 0.340. The Morgan fingerprint density at radius 3 is 2.94 bits per heavy atom. The molecule has 0 saturated heterocycles. The molecule has 4 nitrogen and oxygen atoms in total. The standard InChI is InChI=1S/C14H23N3O/c1-3-5-9-16-14(15)17-11-12-7-6-8-13(10-12)18-4-2/h6-8,10H,3-5,9,11H2,1-2H3,(H3,15,16,17). The molecule has 0 unspecified atom stereocenters. The third-order valence-electron chi connectivity index (χ3n) is 2.48. The average Bonchev–Trinajstić information content (AvgIpc) is 2.38. The molecule has 4 heteroatoms. The molecule has 1 aromatic rings. The molecule has 0 aliphatic carbocycles. The summed E-state index contributed by atoms with van der Waals surface area (Å²) in [6.07, 6.45) is 2.26. The van der Waals surface area contributed by atoms with Gasteiger partial charge in [-0.15, -0.1) is 0 Å². The zero-order chi connectivity index (χ0) is 13.2. The van der Waals surface area contributed by atoms with Gasteiger partial charge in [-0.3, -0.25) is 0 Å². The van der Waals surface area contributed by atoms with Gasteiger partial charge in [0.25, 0.3) is 0 Å². The van der Waals surface area contributed by atoms with Crippen LogP contribution in [0.3, 0.4) is 0 Å². The first-order valence-electron chi connectivity index (χ1n) is 6.51. The molecule has 0 radical (unpaired) electrons. The van der Waals surface area contributed by atoms with Gasteiger partial charge in [0, 0.05) is 6.54 Å². The molecule has 1 rings (SSSR count). The number of ether oxygens (including phenoxy) is 1. The molecule has 0 heterocycles. The van der Waals surface area contributed by atoms with Crippen molar-refractivity contribution in [2.75, 3.05) is 13.2 Å². The van der Waals surface area contributed by atoms with Gasteiger partial charge >= 0.3 is 0 Å². The fourth-order valence-corrected chi connectivity index (χ4v) is 1.53.